The van der Waals surface area contributed by atoms with Crippen LogP contribution in [0.1, 0.15) is 29.2 Å². The van der Waals surface area contributed by atoms with Gasteiger partial charge in [-0.3, -0.25) is 4.79 Å². The van der Waals surface area contributed by atoms with Crippen molar-refractivity contribution in [1.82, 2.24) is 4.90 Å². The number of amides is 1. The van der Waals surface area contributed by atoms with Crippen molar-refractivity contribution in [3.05, 3.63) is 47.9 Å². The third-order valence-corrected chi connectivity index (χ3v) is 4.11. The van der Waals surface area contributed by atoms with Gasteiger partial charge in [-0.05, 0) is 37.1 Å². The standard InChI is InChI=1S/C18H19NO6/c1-23-14-6-2-3-7-15(14)24-11-12-8-9-16(25-12)17(20)19-10-4-5-13(19)18(21)22/h2-3,6-9,13H,4-5,10-11H2,1H3,(H,21,22)/t13-/m0/s1. The van der Waals surface area contributed by atoms with Crippen LogP contribution in [0.2, 0.25) is 0 Å². The molecule has 0 spiro atoms. The van der Waals surface area contributed by atoms with Crippen molar-refractivity contribution in [2.45, 2.75) is 25.5 Å². The number of hydrogen-bond acceptors (Lipinski definition) is 5. The zero-order valence-electron chi connectivity index (χ0n) is 13.8. The molecule has 1 saturated heterocycles. The van der Waals surface area contributed by atoms with Crippen molar-refractivity contribution >= 4 is 11.9 Å². The van der Waals surface area contributed by atoms with Crippen molar-refractivity contribution in [2.24, 2.45) is 0 Å². The van der Waals surface area contributed by atoms with E-state index in [1.807, 2.05) is 12.1 Å². The van der Waals surface area contributed by atoms with Gasteiger partial charge >= 0.3 is 5.97 Å². The molecule has 1 aromatic carbocycles. The maximum atomic E-state index is 12.5. The van der Waals surface area contributed by atoms with Gasteiger partial charge in [-0.25, -0.2) is 4.79 Å². The van der Waals surface area contributed by atoms with E-state index in [0.29, 0.717) is 36.6 Å². The minimum absolute atomic E-state index is 0.117. The smallest absolute Gasteiger partial charge is 0.326 e. The molecule has 25 heavy (non-hydrogen) atoms. The van der Waals surface area contributed by atoms with Gasteiger partial charge in [-0.15, -0.1) is 0 Å². The molecule has 3 rings (SSSR count). The zero-order valence-corrected chi connectivity index (χ0v) is 13.8. The molecule has 0 bridgehead atoms. The molecule has 1 N–H and O–H groups in total. The Morgan fingerprint density at radius 3 is 2.72 bits per heavy atom. The van der Waals surface area contributed by atoms with Crippen molar-refractivity contribution in [3.8, 4) is 11.5 Å². The van der Waals surface area contributed by atoms with Gasteiger partial charge in [0, 0.05) is 6.54 Å². The molecule has 1 atom stereocenters. The molecule has 2 aromatic rings. The summed E-state index contributed by atoms with van der Waals surface area (Å²) in [5.41, 5.74) is 0. The maximum absolute atomic E-state index is 12.5. The predicted octanol–water partition coefficient (Wildman–Crippen LogP) is 2.56. The zero-order chi connectivity index (χ0) is 17.8. The number of carboxylic acids is 1. The quantitative estimate of drug-likeness (QED) is 0.865. The number of rotatable bonds is 6. The SMILES string of the molecule is COc1ccccc1OCc1ccc(C(=O)N2CCC[C@H]2C(=O)O)o1. The van der Waals surface area contributed by atoms with E-state index in [4.69, 9.17) is 13.9 Å². The second kappa shape index (κ2) is 7.29. The molecular formula is C18H19NO6. The molecule has 1 aromatic heterocycles. The lowest BCUT2D eigenvalue weighted by atomic mass is 10.2. The average Bonchev–Trinajstić information content (AvgIpc) is 3.29. The molecule has 7 nitrogen and oxygen atoms in total. The Hall–Kier alpha value is -2.96. The van der Waals surface area contributed by atoms with Gasteiger partial charge < -0.3 is 23.9 Å². The highest BCUT2D eigenvalue weighted by atomic mass is 16.5. The van der Waals surface area contributed by atoms with Crippen molar-refractivity contribution in [3.63, 3.8) is 0 Å². The lowest BCUT2D eigenvalue weighted by Crippen LogP contribution is -2.40. The topological polar surface area (TPSA) is 89.2 Å². The van der Waals surface area contributed by atoms with Gasteiger partial charge in [0.05, 0.1) is 7.11 Å². The molecule has 0 radical (unpaired) electrons. The van der Waals surface area contributed by atoms with Gasteiger partial charge in [-0.1, -0.05) is 12.1 Å². The molecule has 0 aliphatic carbocycles. The van der Waals surface area contributed by atoms with Crippen LogP contribution in [-0.2, 0) is 11.4 Å². The summed E-state index contributed by atoms with van der Waals surface area (Å²) in [6.07, 6.45) is 1.14. The lowest BCUT2D eigenvalue weighted by Gasteiger charge is -2.19. The normalized spacial score (nSPS) is 16.7. The number of aliphatic carboxylic acids is 1. The van der Waals surface area contributed by atoms with Gasteiger partial charge in [0.25, 0.3) is 5.91 Å². The second-order valence-electron chi connectivity index (χ2n) is 5.70. The summed E-state index contributed by atoms with van der Waals surface area (Å²) in [5.74, 6) is 0.365. The van der Waals surface area contributed by atoms with Crippen LogP contribution in [0.4, 0.5) is 0 Å². The van der Waals surface area contributed by atoms with Gasteiger partial charge in [0.2, 0.25) is 0 Å². The molecule has 0 unspecified atom stereocenters. The predicted molar refractivity (Wildman–Crippen MR) is 87.7 cm³/mol. The summed E-state index contributed by atoms with van der Waals surface area (Å²) in [6, 6.07) is 9.63. The van der Waals surface area contributed by atoms with E-state index < -0.39 is 17.9 Å². The van der Waals surface area contributed by atoms with E-state index in [1.165, 1.54) is 4.90 Å². The molecule has 1 aliphatic heterocycles. The third-order valence-electron chi connectivity index (χ3n) is 4.11. The Kier molecular flexibility index (Phi) is 4.92. The first-order chi connectivity index (χ1) is 12.1. The fraction of sp³-hybridized carbons (Fsp3) is 0.333. The highest BCUT2D eigenvalue weighted by Crippen LogP contribution is 2.27. The van der Waals surface area contributed by atoms with E-state index in [1.54, 1.807) is 31.4 Å². The van der Waals surface area contributed by atoms with Crippen molar-refractivity contribution in [2.75, 3.05) is 13.7 Å². The number of carboxylic acid groups (broad SMARTS) is 1. The lowest BCUT2D eigenvalue weighted by molar-refractivity contribution is -0.141. The summed E-state index contributed by atoms with van der Waals surface area (Å²) >= 11 is 0. The number of ether oxygens (including phenoxy) is 2. The second-order valence-corrected chi connectivity index (χ2v) is 5.70. The number of benzene rings is 1. The Morgan fingerprint density at radius 1 is 1.24 bits per heavy atom. The number of carbonyl (C=O) groups excluding carboxylic acids is 1. The minimum Gasteiger partial charge on any atom is -0.493 e. The van der Waals surface area contributed by atoms with Crippen molar-refractivity contribution < 1.29 is 28.6 Å². The first-order valence-electron chi connectivity index (χ1n) is 7.98. The van der Waals surface area contributed by atoms with Crippen LogP contribution in [0.3, 0.4) is 0 Å². The van der Waals surface area contributed by atoms with Crippen molar-refractivity contribution in [1.29, 1.82) is 0 Å². The van der Waals surface area contributed by atoms with E-state index in [0.717, 1.165) is 0 Å². The summed E-state index contributed by atoms with van der Waals surface area (Å²) in [6.45, 7) is 0.555. The molecule has 2 heterocycles. The molecule has 7 heteroatoms. The van der Waals surface area contributed by atoms with Gasteiger partial charge in [0.1, 0.15) is 18.4 Å². The number of para-hydroxylation sites is 2. The first-order valence-corrected chi connectivity index (χ1v) is 7.98. The first kappa shape index (κ1) is 16.9. The minimum atomic E-state index is -0.989. The summed E-state index contributed by atoms with van der Waals surface area (Å²) in [4.78, 5) is 25.0. The van der Waals surface area contributed by atoms with Crippen LogP contribution in [-0.4, -0.2) is 41.6 Å². The van der Waals surface area contributed by atoms with Crippen LogP contribution >= 0.6 is 0 Å². The number of likely N-dealkylation sites (tertiary alicyclic amines) is 1. The molecule has 0 saturated carbocycles. The van der Waals surface area contributed by atoms with E-state index in [9.17, 15) is 14.7 Å². The molecule has 1 aliphatic rings. The Labute approximate surface area is 144 Å². The summed E-state index contributed by atoms with van der Waals surface area (Å²) in [7, 11) is 1.56. The van der Waals surface area contributed by atoms with Gasteiger partial charge in [0.15, 0.2) is 17.3 Å². The Bertz CT molecular complexity index is 768. The molecule has 1 amide bonds. The summed E-state index contributed by atoms with van der Waals surface area (Å²) in [5, 5.41) is 9.19. The number of nitrogens with zero attached hydrogens (tertiary/aromatic N) is 1. The van der Waals surface area contributed by atoms with Crippen LogP contribution < -0.4 is 9.47 Å². The van der Waals surface area contributed by atoms with E-state index >= 15 is 0 Å². The number of methoxy groups -OCH3 is 1. The number of carbonyl (C=O) groups is 2. The third kappa shape index (κ3) is 3.60. The molecule has 1 fully saturated rings. The van der Waals surface area contributed by atoms with Crippen LogP contribution in [0.5, 0.6) is 11.5 Å². The number of hydrogen-bond donors (Lipinski definition) is 1. The fourth-order valence-corrected chi connectivity index (χ4v) is 2.87. The monoisotopic (exact) mass is 345 g/mol. The highest BCUT2D eigenvalue weighted by molar-refractivity contribution is 5.94. The Balaban J connectivity index is 1.66. The Morgan fingerprint density at radius 2 is 2.00 bits per heavy atom. The van der Waals surface area contributed by atoms with Crippen LogP contribution in [0.15, 0.2) is 40.8 Å². The fourth-order valence-electron chi connectivity index (χ4n) is 2.87. The molecule has 132 valence electrons. The van der Waals surface area contributed by atoms with Gasteiger partial charge in [-0.2, -0.15) is 0 Å². The maximum Gasteiger partial charge on any atom is 0.326 e. The highest BCUT2D eigenvalue weighted by Gasteiger charge is 2.35. The van der Waals surface area contributed by atoms with E-state index in [-0.39, 0.29) is 12.4 Å². The largest absolute Gasteiger partial charge is 0.493 e. The van der Waals surface area contributed by atoms with E-state index in [2.05, 4.69) is 0 Å². The van der Waals surface area contributed by atoms with Crippen LogP contribution in [0.25, 0.3) is 0 Å². The van der Waals surface area contributed by atoms with Crippen LogP contribution in [0, 0.1) is 0 Å². The molecular weight excluding hydrogens is 326 g/mol. The number of furan rings is 1. The summed E-state index contributed by atoms with van der Waals surface area (Å²) < 4.78 is 16.4. The average molecular weight is 345 g/mol.